The summed E-state index contributed by atoms with van der Waals surface area (Å²) in [6.07, 6.45) is 2.60. The summed E-state index contributed by atoms with van der Waals surface area (Å²) in [5, 5.41) is 3.64. The zero-order chi connectivity index (χ0) is 15.1. The van der Waals surface area contributed by atoms with Gasteiger partial charge in [0.1, 0.15) is 0 Å². The summed E-state index contributed by atoms with van der Waals surface area (Å²) in [4.78, 5) is 5.05. The molecule has 1 aromatic carbocycles. The number of hydrogen-bond acceptors (Lipinski definition) is 3. The molecule has 1 fully saturated rings. The zero-order valence-corrected chi connectivity index (χ0v) is 13.9. The van der Waals surface area contributed by atoms with Crippen LogP contribution >= 0.6 is 0 Å². The van der Waals surface area contributed by atoms with Crippen LogP contribution in [0.3, 0.4) is 0 Å². The van der Waals surface area contributed by atoms with Crippen LogP contribution in [0.5, 0.6) is 0 Å². The highest BCUT2D eigenvalue weighted by molar-refractivity contribution is 5.19. The van der Waals surface area contributed by atoms with E-state index in [0.717, 1.165) is 13.1 Å². The van der Waals surface area contributed by atoms with Gasteiger partial charge in [0.05, 0.1) is 0 Å². The summed E-state index contributed by atoms with van der Waals surface area (Å²) in [6.45, 7) is 10.4. The molecule has 3 heteroatoms. The quantitative estimate of drug-likeness (QED) is 0.779. The molecule has 2 rings (SSSR count). The van der Waals surface area contributed by atoms with Gasteiger partial charge in [0.25, 0.3) is 0 Å². The largest absolute Gasteiger partial charge is 0.308 e. The summed E-state index contributed by atoms with van der Waals surface area (Å²) in [5.41, 5.74) is 1.42. The van der Waals surface area contributed by atoms with E-state index in [1.54, 1.807) is 0 Å². The molecule has 0 spiro atoms. The lowest BCUT2D eigenvalue weighted by molar-refractivity contribution is 0.191. The molecule has 21 heavy (non-hydrogen) atoms. The van der Waals surface area contributed by atoms with Gasteiger partial charge in [0, 0.05) is 31.7 Å². The van der Waals surface area contributed by atoms with Crippen LogP contribution in [0.4, 0.5) is 0 Å². The minimum Gasteiger partial charge on any atom is -0.308 e. The Hall–Kier alpha value is -0.900. The summed E-state index contributed by atoms with van der Waals surface area (Å²) < 4.78 is 0. The van der Waals surface area contributed by atoms with Gasteiger partial charge in [-0.3, -0.25) is 0 Å². The van der Waals surface area contributed by atoms with Crippen molar-refractivity contribution in [1.82, 2.24) is 15.1 Å². The molecule has 1 aromatic rings. The molecular formula is C18H31N3. The van der Waals surface area contributed by atoms with Crippen LogP contribution in [0.2, 0.25) is 0 Å². The normalized spacial score (nSPS) is 20.3. The summed E-state index contributed by atoms with van der Waals surface area (Å²) in [5.74, 6) is 0. The first-order valence-electron chi connectivity index (χ1n) is 8.37. The van der Waals surface area contributed by atoms with E-state index in [0.29, 0.717) is 12.1 Å². The molecule has 0 aliphatic carbocycles. The van der Waals surface area contributed by atoms with E-state index in [4.69, 9.17) is 0 Å². The molecule has 1 saturated heterocycles. The van der Waals surface area contributed by atoms with E-state index >= 15 is 0 Å². The third kappa shape index (κ3) is 5.42. The first kappa shape index (κ1) is 16.5. The van der Waals surface area contributed by atoms with Gasteiger partial charge in [0.15, 0.2) is 0 Å². The molecule has 3 nitrogen and oxygen atoms in total. The number of rotatable bonds is 7. The van der Waals surface area contributed by atoms with E-state index in [1.165, 1.54) is 38.0 Å². The second-order valence-corrected chi connectivity index (χ2v) is 6.50. The van der Waals surface area contributed by atoms with Crippen molar-refractivity contribution in [3.63, 3.8) is 0 Å². The van der Waals surface area contributed by atoms with E-state index in [9.17, 15) is 0 Å². The Morgan fingerprint density at radius 2 is 2.00 bits per heavy atom. The van der Waals surface area contributed by atoms with Crippen molar-refractivity contribution in [3.05, 3.63) is 35.9 Å². The first-order valence-corrected chi connectivity index (χ1v) is 8.37. The van der Waals surface area contributed by atoms with E-state index < -0.39 is 0 Å². The highest BCUT2D eigenvalue weighted by Gasteiger charge is 2.19. The Bertz CT molecular complexity index is 391. The predicted molar refractivity (Wildman–Crippen MR) is 90.6 cm³/mol. The molecule has 1 unspecified atom stereocenters. The van der Waals surface area contributed by atoms with Crippen molar-refractivity contribution < 1.29 is 0 Å². The van der Waals surface area contributed by atoms with Gasteiger partial charge in [-0.15, -0.1) is 0 Å². The molecule has 1 N–H and O–H groups in total. The van der Waals surface area contributed by atoms with Gasteiger partial charge >= 0.3 is 0 Å². The highest BCUT2D eigenvalue weighted by Crippen LogP contribution is 2.17. The molecule has 0 amide bonds. The average Bonchev–Trinajstić information content (AvgIpc) is 2.52. The van der Waals surface area contributed by atoms with Crippen LogP contribution in [0.1, 0.15) is 38.3 Å². The first-order chi connectivity index (χ1) is 10.2. The standard InChI is InChI=1S/C18H31N3/c1-16(2)20(3)12-7-8-13-21-14-11-19-18(15-21)17-9-5-4-6-10-17/h4-6,9-10,16,18-19H,7-8,11-15H2,1-3H3. The second kappa shape index (κ2) is 8.52. The fourth-order valence-electron chi connectivity index (χ4n) is 2.88. The van der Waals surface area contributed by atoms with Crippen LogP contribution in [-0.2, 0) is 0 Å². The lowest BCUT2D eigenvalue weighted by Gasteiger charge is -2.34. The highest BCUT2D eigenvalue weighted by atomic mass is 15.2. The molecule has 1 heterocycles. The van der Waals surface area contributed by atoms with E-state index in [2.05, 4.69) is 66.3 Å². The minimum absolute atomic E-state index is 0.498. The Labute approximate surface area is 130 Å². The Balaban J connectivity index is 1.70. The molecular weight excluding hydrogens is 258 g/mol. The summed E-state index contributed by atoms with van der Waals surface area (Å²) in [6, 6.07) is 12.0. The Kier molecular flexibility index (Phi) is 6.68. The SMILES string of the molecule is CC(C)N(C)CCCCN1CCNC(c2ccccc2)C1. The topological polar surface area (TPSA) is 18.5 Å². The van der Waals surface area contributed by atoms with Gasteiger partial charge in [-0.05, 0) is 52.4 Å². The third-order valence-corrected chi connectivity index (χ3v) is 4.58. The van der Waals surface area contributed by atoms with Crippen LogP contribution in [0.15, 0.2) is 30.3 Å². The number of nitrogens with one attached hydrogen (secondary N) is 1. The maximum atomic E-state index is 3.64. The van der Waals surface area contributed by atoms with Crippen molar-refractivity contribution >= 4 is 0 Å². The maximum Gasteiger partial charge on any atom is 0.0449 e. The number of piperazine rings is 1. The molecule has 0 aromatic heterocycles. The fraction of sp³-hybridized carbons (Fsp3) is 0.667. The minimum atomic E-state index is 0.498. The summed E-state index contributed by atoms with van der Waals surface area (Å²) >= 11 is 0. The van der Waals surface area contributed by atoms with Gasteiger partial charge in [-0.25, -0.2) is 0 Å². The monoisotopic (exact) mass is 289 g/mol. The van der Waals surface area contributed by atoms with Gasteiger partial charge in [0.2, 0.25) is 0 Å². The number of hydrogen-bond donors (Lipinski definition) is 1. The average molecular weight is 289 g/mol. The Morgan fingerprint density at radius 3 is 2.71 bits per heavy atom. The molecule has 1 aliphatic heterocycles. The fourth-order valence-corrected chi connectivity index (χ4v) is 2.88. The summed E-state index contributed by atoms with van der Waals surface area (Å²) in [7, 11) is 2.22. The number of nitrogens with zero attached hydrogens (tertiary/aromatic N) is 2. The second-order valence-electron chi connectivity index (χ2n) is 6.50. The van der Waals surface area contributed by atoms with Gasteiger partial charge in [-0.1, -0.05) is 30.3 Å². The maximum absolute atomic E-state index is 3.64. The molecule has 0 radical (unpaired) electrons. The molecule has 1 aliphatic rings. The van der Waals surface area contributed by atoms with Gasteiger partial charge < -0.3 is 15.1 Å². The third-order valence-electron chi connectivity index (χ3n) is 4.58. The molecule has 0 bridgehead atoms. The number of benzene rings is 1. The van der Waals surface area contributed by atoms with Crippen molar-refractivity contribution in [2.75, 3.05) is 39.8 Å². The molecule has 0 saturated carbocycles. The van der Waals surface area contributed by atoms with Crippen molar-refractivity contribution in [2.45, 2.75) is 38.8 Å². The molecule has 118 valence electrons. The lowest BCUT2D eigenvalue weighted by Crippen LogP contribution is -2.46. The number of unbranched alkanes of at least 4 members (excludes halogenated alkanes) is 1. The zero-order valence-electron chi connectivity index (χ0n) is 13.9. The lowest BCUT2D eigenvalue weighted by atomic mass is 10.0. The predicted octanol–water partition coefficient (Wildman–Crippen LogP) is 2.75. The smallest absolute Gasteiger partial charge is 0.0449 e. The van der Waals surface area contributed by atoms with E-state index in [1.807, 2.05) is 0 Å². The van der Waals surface area contributed by atoms with Crippen LogP contribution in [0.25, 0.3) is 0 Å². The van der Waals surface area contributed by atoms with E-state index in [-0.39, 0.29) is 0 Å². The Morgan fingerprint density at radius 1 is 1.24 bits per heavy atom. The molecule has 1 atom stereocenters. The van der Waals surface area contributed by atoms with Crippen molar-refractivity contribution in [2.24, 2.45) is 0 Å². The van der Waals surface area contributed by atoms with Crippen molar-refractivity contribution in [1.29, 1.82) is 0 Å². The van der Waals surface area contributed by atoms with Crippen molar-refractivity contribution in [3.8, 4) is 0 Å². The van der Waals surface area contributed by atoms with Crippen LogP contribution in [-0.4, -0.2) is 55.6 Å². The van der Waals surface area contributed by atoms with Crippen LogP contribution in [0, 0.1) is 0 Å². The van der Waals surface area contributed by atoms with Crippen LogP contribution < -0.4 is 5.32 Å². The van der Waals surface area contributed by atoms with Gasteiger partial charge in [-0.2, -0.15) is 0 Å².